The van der Waals surface area contributed by atoms with E-state index >= 15 is 0 Å². The van der Waals surface area contributed by atoms with E-state index in [1.54, 1.807) is 31.2 Å². The monoisotopic (exact) mass is 386 g/mol. The van der Waals surface area contributed by atoms with Crippen LogP contribution < -0.4 is 9.46 Å². The molecule has 27 heavy (non-hydrogen) atoms. The number of hydrogen-bond acceptors (Lipinski definition) is 4. The summed E-state index contributed by atoms with van der Waals surface area (Å²) in [5.74, 6) is 0.729. The molecule has 0 aliphatic rings. The predicted octanol–water partition coefficient (Wildman–Crippen LogP) is 2.35. The molecule has 0 bridgehead atoms. The Morgan fingerprint density at radius 1 is 1.11 bits per heavy atom. The molecule has 0 spiro atoms. The van der Waals surface area contributed by atoms with Gasteiger partial charge in [0.25, 0.3) is 10.2 Å². The van der Waals surface area contributed by atoms with Crippen LogP contribution in [0.25, 0.3) is 5.69 Å². The van der Waals surface area contributed by atoms with E-state index in [1.165, 1.54) is 4.31 Å². The standard InChI is InChI=1S/C19H22N4O3S/c1-22(14-16-7-4-3-5-8-16)27(24,25)21-13-17-12-20-23(15-17)18-9-6-10-19(11-18)26-2/h3-12,15,21H,13-14H2,1-2H3. The molecule has 0 saturated carbocycles. The van der Waals surface area contributed by atoms with Gasteiger partial charge < -0.3 is 4.74 Å². The van der Waals surface area contributed by atoms with Crippen LogP contribution in [0.2, 0.25) is 0 Å². The summed E-state index contributed by atoms with van der Waals surface area (Å²) in [7, 11) is -0.440. The highest BCUT2D eigenvalue weighted by Gasteiger charge is 2.17. The van der Waals surface area contributed by atoms with E-state index in [-0.39, 0.29) is 6.54 Å². The molecule has 0 aliphatic heterocycles. The first kappa shape index (κ1) is 19.1. The van der Waals surface area contributed by atoms with E-state index in [0.717, 1.165) is 22.6 Å². The van der Waals surface area contributed by atoms with Crippen LogP contribution in [0.5, 0.6) is 5.75 Å². The zero-order valence-corrected chi connectivity index (χ0v) is 16.1. The van der Waals surface area contributed by atoms with Crippen molar-refractivity contribution in [2.24, 2.45) is 0 Å². The maximum Gasteiger partial charge on any atom is 0.279 e. The topological polar surface area (TPSA) is 76.5 Å². The molecule has 0 fully saturated rings. The molecule has 1 heterocycles. The predicted molar refractivity (Wildman–Crippen MR) is 104 cm³/mol. The van der Waals surface area contributed by atoms with Crippen LogP contribution in [0.4, 0.5) is 0 Å². The minimum atomic E-state index is -3.60. The number of ether oxygens (including phenoxy) is 1. The summed E-state index contributed by atoms with van der Waals surface area (Å²) in [6.45, 7) is 0.463. The van der Waals surface area contributed by atoms with Crippen molar-refractivity contribution in [3.8, 4) is 11.4 Å². The smallest absolute Gasteiger partial charge is 0.279 e. The van der Waals surface area contributed by atoms with E-state index in [9.17, 15) is 8.42 Å². The van der Waals surface area contributed by atoms with Gasteiger partial charge in [-0.15, -0.1) is 0 Å². The quantitative estimate of drug-likeness (QED) is 0.645. The first-order valence-corrected chi connectivity index (χ1v) is 9.85. The van der Waals surface area contributed by atoms with Gasteiger partial charge in [-0.2, -0.15) is 22.5 Å². The molecule has 0 amide bonds. The number of benzene rings is 2. The van der Waals surface area contributed by atoms with E-state index in [4.69, 9.17) is 4.74 Å². The molecule has 2 aromatic carbocycles. The zero-order chi connectivity index (χ0) is 19.3. The molecule has 1 aromatic heterocycles. The fourth-order valence-corrected chi connectivity index (χ4v) is 3.44. The molecule has 0 aliphatic carbocycles. The minimum Gasteiger partial charge on any atom is -0.497 e. The molecule has 0 saturated heterocycles. The number of hydrogen-bond donors (Lipinski definition) is 1. The molecular formula is C19H22N4O3S. The molecule has 8 heteroatoms. The fourth-order valence-electron chi connectivity index (χ4n) is 2.56. The van der Waals surface area contributed by atoms with Crippen molar-refractivity contribution in [1.29, 1.82) is 0 Å². The van der Waals surface area contributed by atoms with Crippen molar-refractivity contribution in [2.45, 2.75) is 13.1 Å². The second kappa shape index (κ2) is 8.34. The Bertz CT molecular complexity index is 987. The Kier molecular flexibility index (Phi) is 5.90. The molecule has 0 atom stereocenters. The van der Waals surface area contributed by atoms with Gasteiger partial charge in [-0.3, -0.25) is 0 Å². The Morgan fingerprint density at radius 3 is 2.63 bits per heavy atom. The lowest BCUT2D eigenvalue weighted by Gasteiger charge is -2.17. The number of nitrogens with one attached hydrogen (secondary N) is 1. The molecule has 0 unspecified atom stereocenters. The average molecular weight is 386 g/mol. The van der Waals surface area contributed by atoms with E-state index in [2.05, 4.69) is 9.82 Å². The first-order valence-electron chi connectivity index (χ1n) is 8.41. The third-order valence-electron chi connectivity index (χ3n) is 4.07. The Hall–Kier alpha value is -2.68. The number of aromatic nitrogens is 2. The highest BCUT2D eigenvalue weighted by Crippen LogP contribution is 2.16. The number of rotatable bonds is 8. The number of nitrogens with zero attached hydrogens (tertiary/aromatic N) is 3. The fraction of sp³-hybridized carbons (Fsp3) is 0.211. The minimum absolute atomic E-state index is 0.158. The highest BCUT2D eigenvalue weighted by molar-refractivity contribution is 7.87. The van der Waals surface area contributed by atoms with Gasteiger partial charge in [0, 0.05) is 38.0 Å². The summed E-state index contributed by atoms with van der Waals surface area (Å²) < 4.78 is 35.7. The summed E-state index contributed by atoms with van der Waals surface area (Å²) in [5, 5.41) is 4.29. The maximum absolute atomic E-state index is 12.4. The summed E-state index contributed by atoms with van der Waals surface area (Å²) in [4.78, 5) is 0. The Morgan fingerprint density at radius 2 is 1.89 bits per heavy atom. The van der Waals surface area contributed by atoms with Gasteiger partial charge in [-0.1, -0.05) is 36.4 Å². The van der Waals surface area contributed by atoms with E-state index in [1.807, 2.05) is 54.6 Å². The van der Waals surface area contributed by atoms with Crippen molar-refractivity contribution in [3.05, 3.63) is 78.1 Å². The summed E-state index contributed by atoms with van der Waals surface area (Å²) >= 11 is 0. The van der Waals surface area contributed by atoms with Crippen molar-refractivity contribution in [2.75, 3.05) is 14.2 Å². The Balaban J connectivity index is 1.63. The first-order chi connectivity index (χ1) is 13.0. The summed E-state index contributed by atoms with van der Waals surface area (Å²) in [6, 6.07) is 16.9. The lowest BCUT2D eigenvalue weighted by molar-refractivity contribution is 0.414. The lowest BCUT2D eigenvalue weighted by Crippen LogP contribution is -2.37. The third kappa shape index (κ3) is 4.94. The van der Waals surface area contributed by atoms with Crippen molar-refractivity contribution in [1.82, 2.24) is 18.8 Å². The van der Waals surface area contributed by atoms with Crippen LogP contribution >= 0.6 is 0 Å². The SMILES string of the molecule is COc1cccc(-n2cc(CNS(=O)(=O)N(C)Cc3ccccc3)cn2)c1. The molecule has 7 nitrogen and oxygen atoms in total. The van der Waals surface area contributed by atoms with Gasteiger partial charge >= 0.3 is 0 Å². The summed E-state index contributed by atoms with van der Waals surface area (Å²) in [5.41, 5.74) is 2.52. The van der Waals surface area contributed by atoms with Crippen molar-refractivity contribution < 1.29 is 13.2 Å². The van der Waals surface area contributed by atoms with E-state index in [0.29, 0.717) is 6.54 Å². The molecule has 142 valence electrons. The van der Waals surface area contributed by atoms with E-state index < -0.39 is 10.2 Å². The lowest BCUT2D eigenvalue weighted by atomic mass is 10.2. The molecular weight excluding hydrogens is 364 g/mol. The zero-order valence-electron chi connectivity index (χ0n) is 15.2. The van der Waals surface area contributed by atoms with Crippen LogP contribution in [0, 0.1) is 0 Å². The second-order valence-corrected chi connectivity index (χ2v) is 7.92. The molecule has 1 N–H and O–H groups in total. The van der Waals surface area contributed by atoms with Gasteiger partial charge in [-0.25, -0.2) is 4.68 Å². The van der Waals surface area contributed by atoms with Gasteiger partial charge in [-0.05, 0) is 17.7 Å². The van der Waals surface area contributed by atoms with Gasteiger partial charge in [0.1, 0.15) is 5.75 Å². The largest absolute Gasteiger partial charge is 0.497 e. The summed E-state index contributed by atoms with van der Waals surface area (Å²) in [6.07, 6.45) is 3.42. The van der Waals surface area contributed by atoms with Crippen molar-refractivity contribution >= 4 is 10.2 Å². The average Bonchev–Trinajstić information content (AvgIpc) is 3.16. The van der Waals surface area contributed by atoms with Gasteiger partial charge in [0.15, 0.2) is 0 Å². The normalized spacial score (nSPS) is 11.7. The van der Waals surface area contributed by atoms with Crippen LogP contribution in [0.15, 0.2) is 67.0 Å². The van der Waals surface area contributed by atoms with Gasteiger partial charge in [0.2, 0.25) is 0 Å². The van der Waals surface area contributed by atoms with Crippen LogP contribution in [-0.4, -0.2) is 36.7 Å². The van der Waals surface area contributed by atoms with Gasteiger partial charge in [0.05, 0.1) is 19.0 Å². The van der Waals surface area contributed by atoms with Crippen molar-refractivity contribution in [3.63, 3.8) is 0 Å². The van der Waals surface area contributed by atoms with Crippen LogP contribution in [0.1, 0.15) is 11.1 Å². The maximum atomic E-state index is 12.4. The molecule has 0 radical (unpaired) electrons. The Labute approximate surface area is 159 Å². The van der Waals surface area contributed by atoms with Crippen LogP contribution in [-0.2, 0) is 23.3 Å². The highest BCUT2D eigenvalue weighted by atomic mass is 32.2. The number of methoxy groups -OCH3 is 1. The third-order valence-corrected chi connectivity index (χ3v) is 5.53. The molecule has 3 aromatic rings. The molecule has 3 rings (SSSR count). The van der Waals surface area contributed by atoms with Crippen LogP contribution in [0.3, 0.4) is 0 Å². The second-order valence-electron chi connectivity index (χ2n) is 6.06.